The highest BCUT2D eigenvalue weighted by Crippen LogP contribution is 2.34. The van der Waals surface area contributed by atoms with Crippen molar-refractivity contribution < 1.29 is 112 Å². The number of ketones is 4. The van der Waals surface area contributed by atoms with E-state index in [9.17, 15) is 66.3 Å². The molecule has 8 atom stereocenters. The van der Waals surface area contributed by atoms with E-state index in [1.807, 2.05) is 170 Å². The third-order valence-corrected chi connectivity index (χ3v) is 25.3. The predicted molar refractivity (Wildman–Crippen MR) is 549 cm³/mol. The molecule has 0 saturated carbocycles. The molecule has 0 saturated heterocycles. The average Bonchev–Trinajstić information content (AvgIpc) is 1.40. The lowest BCUT2D eigenvalue weighted by Crippen LogP contribution is -2.09. The van der Waals surface area contributed by atoms with Crippen LogP contribution in [0.4, 0.5) is 8.78 Å². The minimum atomic E-state index is -0.957. The summed E-state index contributed by atoms with van der Waals surface area (Å²) >= 11 is 2.48. The van der Waals surface area contributed by atoms with E-state index in [0.717, 1.165) is 45.2 Å². The molecule has 15 aromatic rings. The van der Waals surface area contributed by atoms with Gasteiger partial charge in [0.15, 0.2) is 11.6 Å². The van der Waals surface area contributed by atoms with E-state index in [-0.39, 0.29) is 23.1 Å². The minimum absolute atomic E-state index is 0.0653. The van der Waals surface area contributed by atoms with Gasteiger partial charge in [0, 0.05) is 54.3 Å². The quantitative estimate of drug-likeness (QED) is 0.0202. The molecular formula is C117H110F2O21S2. The van der Waals surface area contributed by atoms with Crippen LogP contribution < -0.4 is 4.74 Å². The first-order valence-corrected chi connectivity index (χ1v) is 46.8. The lowest BCUT2D eigenvalue weighted by molar-refractivity contribution is -0.139. The molecule has 0 spiro atoms. The maximum atomic E-state index is 14.0. The molecule has 8 N–H and O–H groups in total. The molecule has 2 aromatic heterocycles. The number of rotatable bonds is 29. The Bertz CT molecular complexity index is 6490. The third-order valence-electron chi connectivity index (χ3n) is 22.8. The first-order valence-electron chi connectivity index (χ1n) is 45.2. The summed E-state index contributed by atoms with van der Waals surface area (Å²) in [6.07, 6.45) is 1.04. The van der Waals surface area contributed by atoms with Crippen LogP contribution in [0.15, 0.2) is 352 Å². The number of halogens is 2. The maximum Gasteiger partial charge on any atom is 0.311 e. The highest BCUT2D eigenvalue weighted by molar-refractivity contribution is 7.14. The summed E-state index contributed by atoms with van der Waals surface area (Å²) < 4.78 is 33.1. The lowest BCUT2D eigenvalue weighted by atomic mass is 9.96. The minimum Gasteiger partial charge on any atom is -0.497 e. The zero-order valence-electron chi connectivity index (χ0n) is 79.8. The second-order valence-electron chi connectivity index (χ2n) is 33.4. The number of hydrogen-bond acceptors (Lipinski definition) is 15. The van der Waals surface area contributed by atoms with Crippen molar-refractivity contribution >= 4 is 104 Å². The zero-order valence-corrected chi connectivity index (χ0v) is 81.5. The molecule has 13 aromatic carbocycles. The summed E-state index contributed by atoms with van der Waals surface area (Å²) in [4.78, 5) is 138. The predicted octanol–water partition coefficient (Wildman–Crippen LogP) is 26.0. The van der Waals surface area contributed by atoms with Crippen molar-refractivity contribution in [3.8, 4) is 28.0 Å². The van der Waals surface area contributed by atoms with Gasteiger partial charge in [0.25, 0.3) is 0 Å². The molecule has 0 amide bonds. The van der Waals surface area contributed by atoms with Gasteiger partial charge >= 0.3 is 47.8 Å². The van der Waals surface area contributed by atoms with E-state index in [0.29, 0.717) is 92.2 Å². The van der Waals surface area contributed by atoms with Gasteiger partial charge < -0.3 is 45.6 Å². The molecule has 0 bridgehead atoms. The molecule has 2 heterocycles. The number of hydrogen-bond donors (Lipinski definition) is 8. The van der Waals surface area contributed by atoms with Crippen LogP contribution in [0, 0.1) is 17.6 Å². The standard InChI is InChI=1S/2C16H14O3.2C15H13FO2.2C14H12O3S.C14H14O3.C13H18O2/c2*1-11(16(18)19)13-8-5-9-14(10-13)15(17)12-6-3-2-4-7-12;2*1-10(15(17)18)12-7-8-13(14(16)9-12)11-5-3-2-4-6-11;2*1-9(14(16)17)11-7-8-12(18-11)13(15)10-5-3-2-4-6-10;1-9(14(15)16)10-3-4-12-8-13(17-2)6-5-11(12)7-10;1-9(2)8-11-4-6-12(7-5-11)10(3)13(14)15/h2*2-11H,1H3,(H,18,19);2*2-10H,1H3,(H,17,18);2*2-9H,1H3,(H,16,17);3-9H,1-2H3,(H,15,16);4-7,9-10H,8H2,1-3H3,(H,14,15)/t2*11-;2*10-;3*9-;/m1110100./s1. The maximum absolute atomic E-state index is 14.0. The molecule has 0 fully saturated rings. The van der Waals surface area contributed by atoms with Crippen LogP contribution >= 0.6 is 22.7 Å². The fourth-order valence-corrected chi connectivity index (χ4v) is 15.8. The number of benzene rings is 13. The summed E-state index contributed by atoms with van der Waals surface area (Å²) in [6, 6.07) is 103. The Hall–Kier alpha value is -16.4. The van der Waals surface area contributed by atoms with Gasteiger partial charge in [-0.1, -0.05) is 305 Å². The van der Waals surface area contributed by atoms with Gasteiger partial charge in [-0.05, 0) is 189 Å². The molecule has 0 aliphatic carbocycles. The number of fused-ring (bicyclic) bond motifs is 1. The van der Waals surface area contributed by atoms with Crippen molar-refractivity contribution in [2.45, 2.75) is 123 Å². The Morgan fingerprint density at radius 1 is 0.254 bits per heavy atom. The Balaban J connectivity index is 0.000000199. The third kappa shape index (κ3) is 32.9. The number of aliphatic carboxylic acids is 8. The SMILES string of the molecule is CC(C)Cc1ccc(C(C)C(=O)O)cc1.COc1ccc2cc([C@H](C)C(=O)O)ccc2c1.C[C@@H](C(=O)O)c1ccc(-c2ccccc2)c(F)c1.C[C@@H](C(=O)O)c1ccc(C(=O)c2ccccc2)s1.C[C@@H](C(=O)O)c1cccc(C(=O)c2ccccc2)c1.C[C@@H](C(=O)O)c1cccc(C(=O)c2ccccc2)c1.C[C@H](C(=O)O)c1ccc(-c2ccccc2)c(F)c1.C[C@H](C(=O)O)c1ccc(C(=O)c2ccccc2)s1. The van der Waals surface area contributed by atoms with Gasteiger partial charge in [-0.15, -0.1) is 22.7 Å². The van der Waals surface area contributed by atoms with Gasteiger partial charge in [0.1, 0.15) is 17.4 Å². The fraction of sp³-hybridized carbons (Fsp3) is 0.179. The highest BCUT2D eigenvalue weighted by Gasteiger charge is 2.25. The van der Waals surface area contributed by atoms with Gasteiger partial charge in [-0.25, -0.2) is 8.78 Å². The first kappa shape index (κ1) is 111. The number of carboxylic acids is 8. The Labute approximate surface area is 830 Å². The van der Waals surface area contributed by atoms with Crippen LogP contribution in [0.5, 0.6) is 5.75 Å². The van der Waals surface area contributed by atoms with Crippen LogP contribution in [-0.2, 0) is 44.8 Å². The Morgan fingerprint density at radius 3 is 0.831 bits per heavy atom. The van der Waals surface area contributed by atoms with Crippen molar-refractivity contribution in [2.75, 3.05) is 7.11 Å². The van der Waals surface area contributed by atoms with Crippen LogP contribution in [0.1, 0.15) is 228 Å². The van der Waals surface area contributed by atoms with Gasteiger partial charge in [0.2, 0.25) is 11.6 Å². The van der Waals surface area contributed by atoms with E-state index < -0.39 is 107 Å². The highest BCUT2D eigenvalue weighted by atomic mass is 32.1. The van der Waals surface area contributed by atoms with Crippen LogP contribution in [-0.4, -0.2) is 119 Å². The number of carbonyl (C=O) groups is 12. The van der Waals surface area contributed by atoms with E-state index in [1.54, 1.807) is 232 Å². The van der Waals surface area contributed by atoms with E-state index in [4.69, 9.17) is 45.6 Å². The largest absolute Gasteiger partial charge is 0.497 e. The van der Waals surface area contributed by atoms with Crippen molar-refractivity contribution in [1.29, 1.82) is 0 Å². The lowest BCUT2D eigenvalue weighted by Gasteiger charge is -2.09. The summed E-state index contributed by atoms with van der Waals surface area (Å²) in [5.74, 6) is -11.4. The number of methoxy groups -OCH3 is 1. The van der Waals surface area contributed by atoms with Crippen LogP contribution in [0.25, 0.3) is 33.0 Å². The molecule has 15 rings (SSSR count). The van der Waals surface area contributed by atoms with Gasteiger partial charge in [-0.2, -0.15) is 0 Å². The Morgan fingerprint density at radius 2 is 0.521 bits per heavy atom. The van der Waals surface area contributed by atoms with E-state index >= 15 is 0 Å². The first-order chi connectivity index (χ1) is 67.7. The monoisotopic (exact) mass is 1950 g/mol. The summed E-state index contributed by atoms with van der Waals surface area (Å²) in [5.41, 5.74) is 11.2. The molecule has 0 aliphatic heterocycles. The Kier molecular flexibility index (Phi) is 42.7. The molecule has 25 heteroatoms. The molecule has 730 valence electrons. The zero-order chi connectivity index (χ0) is 104. The molecule has 0 radical (unpaired) electrons. The summed E-state index contributed by atoms with van der Waals surface area (Å²) in [5, 5.41) is 73.5. The number of ether oxygens (including phenoxy) is 1. The number of carboxylic acid groups (broad SMARTS) is 8. The number of carbonyl (C=O) groups excluding carboxylic acids is 4. The number of thiophene rings is 2. The average molecular weight is 1950 g/mol. The topological polar surface area (TPSA) is 376 Å². The van der Waals surface area contributed by atoms with Crippen molar-refractivity contribution in [3.63, 3.8) is 0 Å². The summed E-state index contributed by atoms with van der Waals surface area (Å²) in [7, 11) is 1.63. The molecule has 1 unspecified atom stereocenters. The molecule has 0 aliphatic rings. The summed E-state index contributed by atoms with van der Waals surface area (Å²) in [6.45, 7) is 17.3. The van der Waals surface area contributed by atoms with Crippen molar-refractivity contribution in [2.24, 2.45) is 5.92 Å². The molecular weight excluding hydrogens is 1840 g/mol. The van der Waals surface area contributed by atoms with Crippen LogP contribution in [0.3, 0.4) is 0 Å². The second kappa shape index (κ2) is 54.7. The smallest absolute Gasteiger partial charge is 0.311 e. The van der Waals surface area contributed by atoms with Crippen molar-refractivity contribution in [3.05, 3.63) is 455 Å². The molecule has 21 nitrogen and oxygen atoms in total. The second-order valence-corrected chi connectivity index (χ2v) is 35.7. The van der Waals surface area contributed by atoms with Gasteiger partial charge in [0.05, 0.1) is 64.2 Å². The van der Waals surface area contributed by atoms with E-state index in [1.165, 1.54) is 40.4 Å². The fourth-order valence-electron chi connectivity index (χ4n) is 13.7. The van der Waals surface area contributed by atoms with Crippen molar-refractivity contribution in [1.82, 2.24) is 0 Å². The van der Waals surface area contributed by atoms with Crippen LogP contribution in [0.2, 0.25) is 0 Å². The molecule has 142 heavy (non-hydrogen) atoms. The van der Waals surface area contributed by atoms with E-state index in [2.05, 4.69) is 13.8 Å². The van der Waals surface area contributed by atoms with Gasteiger partial charge in [-0.3, -0.25) is 57.5 Å². The normalized spacial score (nSPS) is 12.1.